The summed E-state index contributed by atoms with van der Waals surface area (Å²) in [5, 5.41) is 9.20. The number of morpholine rings is 1. The number of anilines is 1. The number of hydrogen-bond acceptors (Lipinski definition) is 6. The maximum Gasteiger partial charge on any atom is 0.471 e. The van der Waals surface area contributed by atoms with Gasteiger partial charge in [-0.3, -0.25) is 4.79 Å². The van der Waals surface area contributed by atoms with Crippen LogP contribution >= 0.6 is 0 Å². The maximum atomic E-state index is 12.5. The molecule has 1 fully saturated rings. The molecule has 1 amide bonds. The minimum Gasteiger partial charge on any atom is -0.378 e. The number of carbonyl (C=O) groups excluding carboxylic acids is 1. The zero-order chi connectivity index (χ0) is 17.9. The Morgan fingerprint density at radius 1 is 1.32 bits per heavy atom. The largest absolute Gasteiger partial charge is 0.471 e. The third kappa shape index (κ3) is 4.54. The van der Waals surface area contributed by atoms with Gasteiger partial charge in [-0.2, -0.15) is 18.2 Å². The fourth-order valence-electron chi connectivity index (χ4n) is 2.35. The highest BCUT2D eigenvalue weighted by atomic mass is 19.4. The smallest absolute Gasteiger partial charge is 0.378 e. The molecule has 1 aromatic carbocycles. The van der Waals surface area contributed by atoms with E-state index in [0.29, 0.717) is 31.0 Å². The highest BCUT2D eigenvalue weighted by molar-refractivity contribution is 5.91. The molecule has 0 aliphatic carbocycles. The van der Waals surface area contributed by atoms with Gasteiger partial charge >= 0.3 is 12.1 Å². The number of nitrogens with one attached hydrogen (secondary N) is 2. The molecular weight excluding hydrogens is 341 g/mol. The molecule has 0 unspecified atom stereocenters. The SMILES string of the molecule is O=C(C[C@H]1COCCN1)Nc1ccc(-c2noc(C(F)(F)F)n2)cc1. The maximum absolute atomic E-state index is 12.5. The molecule has 10 heteroatoms. The van der Waals surface area contributed by atoms with Crippen molar-refractivity contribution in [3.63, 3.8) is 0 Å². The first-order chi connectivity index (χ1) is 11.9. The predicted molar refractivity (Wildman–Crippen MR) is 80.6 cm³/mol. The minimum atomic E-state index is -4.68. The lowest BCUT2D eigenvalue weighted by Crippen LogP contribution is -2.43. The zero-order valence-electron chi connectivity index (χ0n) is 13.0. The van der Waals surface area contributed by atoms with E-state index in [9.17, 15) is 18.0 Å². The first-order valence-electron chi connectivity index (χ1n) is 7.54. The highest BCUT2D eigenvalue weighted by Crippen LogP contribution is 2.29. The Morgan fingerprint density at radius 3 is 2.68 bits per heavy atom. The average Bonchev–Trinajstić information content (AvgIpc) is 3.07. The molecule has 2 heterocycles. The van der Waals surface area contributed by atoms with Crippen LogP contribution in [0.2, 0.25) is 0 Å². The van der Waals surface area contributed by atoms with Crippen molar-refractivity contribution in [1.29, 1.82) is 0 Å². The van der Waals surface area contributed by atoms with E-state index in [2.05, 4.69) is 25.3 Å². The number of rotatable bonds is 4. The molecule has 3 rings (SSSR count). The summed E-state index contributed by atoms with van der Waals surface area (Å²) in [6.45, 7) is 1.81. The lowest BCUT2D eigenvalue weighted by molar-refractivity contribution is -0.159. The fraction of sp³-hybridized carbons (Fsp3) is 0.400. The lowest BCUT2D eigenvalue weighted by Gasteiger charge is -2.23. The van der Waals surface area contributed by atoms with E-state index in [1.165, 1.54) is 12.1 Å². The summed E-state index contributed by atoms with van der Waals surface area (Å²) in [6.07, 6.45) is -4.42. The number of halogens is 3. The van der Waals surface area contributed by atoms with Crippen LogP contribution in [0.15, 0.2) is 28.8 Å². The van der Waals surface area contributed by atoms with Gasteiger partial charge in [0.15, 0.2) is 0 Å². The van der Waals surface area contributed by atoms with Crippen molar-refractivity contribution in [2.45, 2.75) is 18.6 Å². The van der Waals surface area contributed by atoms with Gasteiger partial charge in [-0.05, 0) is 24.3 Å². The van der Waals surface area contributed by atoms with Gasteiger partial charge in [0.1, 0.15) is 0 Å². The van der Waals surface area contributed by atoms with Crippen LogP contribution in [0.5, 0.6) is 0 Å². The standard InChI is InChI=1S/C15H15F3N4O3/c16-15(17,18)14-21-13(22-25-14)9-1-3-10(4-2-9)20-12(23)7-11-8-24-6-5-19-11/h1-4,11,19H,5-8H2,(H,20,23)/t11-/m0/s1. The molecule has 134 valence electrons. The van der Waals surface area contributed by atoms with E-state index >= 15 is 0 Å². The van der Waals surface area contributed by atoms with Crippen molar-refractivity contribution in [3.05, 3.63) is 30.2 Å². The van der Waals surface area contributed by atoms with Crippen LogP contribution < -0.4 is 10.6 Å². The molecule has 25 heavy (non-hydrogen) atoms. The van der Waals surface area contributed by atoms with Crippen LogP contribution in [-0.2, 0) is 15.7 Å². The van der Waals surface area contributed by atoms with Crippen molar-refractivity contribution in [2.75, 3.05) is 25.1 Å². The second kappa shape index (κ2) is 7.19. The molecule has 0 bridgehead atoms. The van der Waals surface area contributed by atoms with E-state index in [1.807, 2.05) is 0 Å². The van der Waals surface area contributed by atoms with Crippen molar-refractivity contribution in [1.82, 2.24) is 15.5 Å². The van der Waals surface area contributed by atoms with Gasteiger partial charge in [0.25, 0.3) is 0 Å². The average molecular weight is 356 g/mol. The molecule has 1 aromatic heterocycles. The summed E-state index contributed by atoms with van der Waals surface area (Å²) in [5.41, 5.74) is 0.865. The number of ether oxygens (including phenoxy) is 1. The van der Waals surface area contributed by atoms with Gasteiger partial charge in [0.05, 0.1) is 13.2 Å². The van der Waals surface area contributed by atoms with E-state index < -0.39 is 12.1 Å². The second-order valence-corrected chi connectivity index (χ2v) is 5.48. The molecule has 2 N–H and O–H groups in total. The molecule has 0 radical (unpaired) electrons. The summed E-state index contributed by atoms with van der Waals surface area (Å²) < 4.78 is 46.8. The number of benzene rings is 1. The topological polar surface area (TPSA) is 89.3 Å². The van der Waals surface area contributed by atoms with Crippen LogP contribution in [-0.4, -0.2) is 41.8 Å². The summed E-state index contributed by atoms with van der Waals surface area (Å²) in [4.78, 5) is 15.3. The highest BCUT2D eigenvalue weighted by Gasteiger charge is 2.38. The zero-order valence-corrected chi connectivity index (χ0v) is 13.0. The summed E-state index contributed by atoms with van der Waals surface area (Å²) >= 11 is 0. The number of carbonyl (C=O) groups is 1. The molecule has 1 saturated heterocycles. The molecule has 2 aromatic rings. The van der Waals surface area contributed by atoms with Gasteiger partial charge in [0, 0.05) is 30.3 Å². The fourth-order valence-corrected chi connectivity index (χ4v) is 2.35. The van der Waals surface area contributed by atoms with Crippen LogP contribution in [0, 0.1) is 0 Å². The quantitative estimate of drug-likeness (QED) is 0.872. The van der Waals surface area contributed by atoms with Gasteiger partial charge < -0.3 is 19.9 Å². The van der Waals surface area contributed by atoms with E-state index in [1.54, 1.807) is 12.1 Å². The molecular formula is C15H15F3N4O3. The van der Waals surface area contributed by atoms with Crippen molar-refractivity contribution in [2.24, 2.45) is 0 Å². The minimum absolute atomic E-state index is 0.0341. The van der Waals surface area contributed by atoms with Gasteiger partial charge in [-0.25, -0.2) is 0 Å². The first-order valence-corrected chi connectivity index (χ1v) is 7.54. The predicted octanol–water partition coefficient (Wildman–Crippen LogP) is 2.07. The molecule has 1 atom stereocenters. The number of aromatic nitrogens is 2. The Kier molecular flexibility index (Phi) is 5.00. The Hall–Kier alpha value is -2.46. The summed E-state index contributed by atoms with van der Waals surface area (Å²) in [5.74, 6) is -1.76. The van der Waals surface area contributed by atoms with Crippen molar-refractivity contribution in [3.8, 4) is 11.4 Å². The van der Waals surface area contributed by atoms with E-state index in [0.717, 1.165) is 0 Å². The molecule has 1 aliphatic rings. The van der Waals surface area contributed by atoms with Crippen LogP contribution in [0.1, 0.15) is 12.3 Å². The van der Waals surface area contributed by atoms with Gasteiger partial charge in [-0.1, -0.05) is 5.16 Å². The first kappa shape index (κ1) is 17.4. The van der Waals surface area contributed by atoms with Crippen LogP contribution in [0.4, 0.5) is 18.9 Å². The molecule has 1 aliphatic heterocycles. The Morgan fingerprint density at radius 2 is 2.08 bits per heavy atom. The second-order valence-electron chi connectivity index (χ2n) is 5.48. The number of amides is 1. The third-order valence-corrected chi connectivity index (χ3v) is 3.53. The Balaban J connectivity index is 1.60. The normalized spacial score (nSPS) is 18.1. The van der Waals surface area contributed by atoms with Crippen molar-refractivity contribution >= 4 is 11.6 Å². The Labute approximate surface area is 140 Å². The number of nitrogens with zero attached hydrogens (tertiary/aromatic N) is 2. The van der Waals surface area contributed by atoms with Crippen LogP contribution in [0.25, 0.3) is 11.4 Å². The van der Waals surface area contributed by atoms with Crippen LogP contribution in [0.3, 0.4) is 0 Å². The van der Waals surface area contributed by atoms with E-state index in [4.69, 9.17) is 4.74 Å². The summed E-state index contributed by atoms with van der Waals surface area (Å²) in [6, 6.07) is 6.09. The molecule has 0 saturated carbocycles. The van der Waals surface area contributed by atoms with Crippen molar-refractivity contribution < 1.29 is 27.2 Å². The molecule has 7 nitrogen and oxygen atoms in total. The van der Waals surface area contributed by atoms with Gasteiger partial charge in [-0.15, -0.1) is 0 Å². The third-order valence-electron chi connectivity index (χ3n) is 3.53. The van der Waals surface area contributed by atoms with E-state index in [-0.39, 0.29) is 24.2 Å². The molecule has 0 spiro atoms. The lowest BCUT2D eigenvalue weighted by atomic mass is 10.1. The summed E-state index contributed by atoms with van der Waals surface area (Å²) in [7, 11) is 0. The Bertz CT molecular complexity index is 724. The number of alkyl halides is 3. The van der Waals surface area contributed by atoms with Gasteiger partial charge in [0.2, 0.25) is 11.7 Å². The monoisotopic (exact) mass is 356 g/mol. The number of hydrogen-bond donors (Lipinski definition) is 2.